The summed E-state index contributed by atoms with van der Waals surface area (Å²) in [5, 5.41) is 12.7. The Labute approximate surface area is 142 Å². The first kappa shape index (κ1) is 15.2. The molecule has 22 heavy (non-hydrogen) atoms. The average Bonchev–Trinajstić information content (AvgIpc) is 2.90. The predicted molar refractivity (Wildman–Crippen MR) is 88.3 cm³/mol. The quantitative estimate of drug-likeness (QED) is 0.685. The van der Waals surface area contributed by atoms with Gasteiger partial charge in [-0.05, 0) is 35.9 Å². The van der Waals surface area contributed by atoms with Crippen LogP contribution in [0.3, 0.4) is 0 Å². The summed E-state index contributed by atoms with van der Waals surface area (Å²) in [6.07, 6.45) is 0.364. The summed E-state index contributed by atoms with van der Waals surface area (Å²) in [4.78, 5) is 0. The largest absolute Gasteiger partial charge is 0.408 e. The van der Waals surface area contributed by atoms with Gasteiger partial charge in [-0.25, -0.2) is 0 Å². The van der Waals surface area contributed by atoms with Crippen molar-refractivity contribution in [3.05, 3.63) is 69.0 Å². The smallest absolute Gasteiger partial charge is 0.320 e. The minimum atomic E-state index is 0.278. The lowest BCUT2D eigenvalue weighted by Crippen LogP contribution is -1.91. The molecule has 1 aromatic heterocycles. The fraction of sp³-hybridized carbons (Fsp3) is 0.0667. The van der Waals surface area contributed by atoms with Gasteiger partial charge in [0.05, 0.1) is 6.42 Å². The lowest BCUT2D eigenvalue weighted by Gasteiger charge is -2.03. The number of nitrogens with zero attached hydrogens (tertiary/aromatic N) is 2. The van der Waals surface area contributed by atoms with Crippen molar-refractivity contribution in [3.63, 3.8) is 0 Å². The molecule has 0 fully saturated rings. The minimum Gasteiger partial charge on any atom is -0.408 e. The molecule has 1 N–H and O–H groups in total. The maximum Gasteiger partial charge on any atom is 0.320 e. The molecule has 0 aliphatic carbocycles. The van der Waals surface area contributed by atoms with Gasteiger partial charge in [0.25, 0.3) is 0 Å². The van der Waals surface area contributed by atoms with Crippen LogP contribution in [0.25, 0.3) is 0 Å². The highest BCUT2D eigenvalue weighted by Crippen LogP contribution is 2.27. The molecule has 0 saturated carbocycles. The lowest BCUT2D eigenvalue weighted by molar-refractivity contribution is 0.521. The van der Waals surface area contributed by atoms with E-state index in [0.29, 0.717) is 27.4 Å². The highest BCUT2D eigenvalue weighted by Gasteiger charge is 2.12. The number of benzene rings is 2. The summed E-state index contributed by atoms with van der Waals surface area (Å²) < 4.78 is 5.55. The van der Waals surface area contributed by atoms with Crippen LogP contribution in [0, 0.1) is 0 Å². The Bertz CT molecular complexity index is 784. The summed E-state index contributed by atoms with van der Waals surface area (Å²) in [7, 11) is 0. The van der Waals surface area contributed by atoms with Crippen molar-refractivity contribution >= 4 is 46.5 Å². The van der Waals surface area contributed by atoms with Crippen molar-refractivity contribution in [2.24, 2.45) is 0 Å². The fourth-order valence-electron chi connectivity index (χ4n) is 1.92. The molecule has 0 unspecified atom stereocenters. The maximum absolute atomic E-state index is 6.13. The van der Waals surface area contributed by atoms with E-state index in [1.165, 1.54) is 0 Å². The molecule has 1 heterocycles. The van der Waals surface area contributed by atoms with Gasteiger partial charge in [-0.3, -0.25) is 0 Å². The van der Waals surface area contributed by atoms with E-state index < -0.39 is 0 Å². The number of anilines is 2. The van der Waals surface area contributed by atoms with Crippen LogP contribution in [0.1, 0.15) is 11.5 Å². The summed E-state index contributed by atoms with van der Waals surface area (Å²) in [5.74, 6) is 0.416. The molecule has 3 aromatic rings. The number of halogens is 3. The Hall–Kier alpha value is -1.75. The summed E-state index contributed by atoms with van der Waals surface area (Å²) in [6, 6.07) is 12.8. The maximum atomic E-state index is 6.13. The molecule has 0 aliphatic rings. The van der Waals surface area contributed by atoms with E-state index in [0.717, 1.165) is 11.3 Å². The Morgan fingerprint density at radius 3 is 2.41 bits per heavy atom. The van der Waals surface area contributed by atoms with E-state index >= 15 is 0 Å². The van der Waals surface area contributed by atoms with E-state index in [9.17, 15) is 0 Å². The first-order valence-electron chi connectivity index (χ1n) is 6.39. The average molecular weight is 355 g/mol. The minimum absolute atomic E-state index is 0.278. The van der Waals surface area contributed by atoms with Crippen LogP contribution in [0.5, 0.6) is 0 Å². The van der Waals surface area contributed by atoms with Gasteiger partial charge in [-0.2, -0.15) is 0 Å². The molecule has 0 bridgehead atoms. The van der Waals surface area contributed by atoms with Gasteiger partial charge < -0.3 is 9.73 Å². The Morgan fingerprint density at radius 2 is 1.68 bits per heavy atom. The summed E-state index contributed by atoms with van der Waals surface area (Å²) in [5.41, 5.74) is 1.52. The van der Waals surface area contributed by atoms with Crippen LogP contribution < -0.4 is 5.32 Å². The third kappa shape index (κ3) is 3.53. The van der Waals surface area contributed by atoms with Crippen molar-refractivity contribution in [1.29, 1.82) is 0 Å². The molecule has 0 radical (unpaired) electrons. The van der Waals surface area contributed by atoms with Crippen molar-refractivity contribution in [2.75, 3.05) is 5.32 Å². The first-order valence-corrected chi connectivity index (χ1v) is 7.53. The highest BCUT2D eigenvalue weighted by molar-refractivity contribution is 6.36. The second-order valence-electron chi connectivity index (χ2n) is 4.51. The van der Waals surface area contributed by atoms with Crippen molar-refractivity contribution in [1.82, 2.24) is 10.2 Å². The predicted octanol–water partition coefficient (Wildman–Crippen LogP) is 5.36. The van der Waals surface area contributed by atoms with Crippen molar-refractivity contribution < 1.29 is 4.42 Å². The third-order valence-corrected chi connectivity index (χ3v) is 3.88. The highest BCUT2D eigenvalue weighted by atomic mass is 35.5. The first-order chi connectivity index (χ1) is 10.6. The molecule has 0 amide bonds. The van der Waals surface area contributed by atoms with Gasteiger partial charge in [0, 0.05) is 20.8 Å². The zero-order valence-corrected chi connectivity index (χ0v) is 13.5. The molecule has 0 aliphatic heterocycles. The second kappa shape index (κ2) is 6.57. The summed E-state index contributed by atoms with van der Waals surface area (Å²) in [6.45, 7) is 0. The van der Waals surface area contributed by atoms with Crippen LogP contribution in [0.15, 0.2) is 46.9 Å². The zero-order chi connectivity index (χ0) is 15.5. The van der Waals surface area contributed by atoms with Crippen molar-refractivity contribution in [2.45, 2.75) is 6.42 Å². The van der Waals surface area contributed by atoms with Gasteiger partial charge in [0.15, 0.2) is 0 Å². The fourth-order valence-corrected chi connectivity index (χ4v) is 2.64. The molecular formula is C15H10Cl3N3O. The van der Waals surface area contributed by atoms with Crippen LogP contribution in [0.2, 0.25) is 15.1 Å². The molecule has 112 valence electrons. The van der Waals surface area contributed by atoms with Crippen LogP contribution in [-0.2, 0) is 6.42 Å². The van der Waals surface area contributed by atoms with E-state index in [1.54, 1.807) is 30.3 Å². The summed E-state index contributed by atoms with van der Waals surface area (Å²) >= 11 is 18.2. The van der Waals surface area contributed by atoms with Gasteiger partial charge >= 0.3 is 6.01 Å². The monoisotopic (exact) mass is 353 g/mol. The Balaban J connectivity index is 1.77. The molecule has 3 rings (SSSR count). The van der Waals surface area contributed by atoms with E-state index in [1.807, 2.05) is 12.1 Å². The van der Waals surface area contributed by atoms with Gasteiger partial charge in [0.2, 0.25) is 5.89 Å². The number of nitrogens with one attached hydrogen (secondary N) is 1. The van der Waals surface area contributed by atoms with Gasteiger partial charge in [-0.15, -0.1) is 5.10 Å². The molecule has 7 heteroatoms. The van der Waals surface area contributed by atoms with Crippen LogP contribution in [-0.4, -0.2) is 10.2 Å². The van der Waals surface area contributed by atoms with E-state index in [-0.39, 0.29) is 6.01 Å². The van der Waals surface area contributed by atoms with E-state index in [2.05, 4.69) is 15.5 Å². The third-order valence-electron chi connectivity index (χ3n) is 2.93. The molecule has 0 spiro atoms. The SMILES string of the molecule is Clc1cccc(Nc2nnc(Cc3c(Cl)cccc3Cl)o2)c1. The molecule has 2 aromatic carbocycles. The molecular weight excluding hydrogens is 345 g/mol. The second-order valence-corrected chi connectivity index (χ2v) is 5.76. The number of hydrogen-bond acceptors (Lipinski definition) is 4. The standard InChI is InChI=1S/C15H10Cl3N3O/c16-9-3-1-4-10(7-9)19-15-21-20-14(22-15)8-11-12(17)5-2-6-13(11)18/h1-7H,8H2,(H,19,21). The molecule has 0 atom stereocenters. The topological polar surface area (TPSA) is 51.0 Å². The number of rotatable bonds is 4. The van der Waals surface area contributed by atoms with Crippen LogP contribution in [0.4, 0.5) is 11.7 Å². The van der Waals surface area contributed by atoms with E-state index in [4.69, 9.17) is 39.2 Å². The van der Waals surface area contributed by atoms with Crippen molar-refractivity contribution in [3.8, 4) is 0 Å². The number of hydrogen-bond donors (Lipinski definition) is 1. The molecule has 4 nitrogen and oxygen atoms in total. The Morgan fingerprint density at radius 1 is 0.955 bits per heavy atom. The molecule has 0 saturated heterocycles. The zero-order valence-electron chi connectivity index (χ0n) is 11.2. The Kier molecular flexibility index (Phi) is 4.52. The van der Waals surface area contributed by atoms with Gasteiger partial charge in [-0.1, -0.05) is 52.0 Å². The van der Waals surface area contributed by atoms with Gasteiger partial charge in [0.1, 0.15) is 0 Å². The number of aromatic nitrogens is 2. The van der Waals surface area contributed by atoms with Crippen LogP contribution >= 0.6 is 34.8 Å². The normalized spacial score (nSPS) is 10.7. The lowest BCUT2D eigenvalue weighted by atomic mass is 10.1.